The second kappa shape index (κ2) is 10.1. The third-order valence-corrected chi connectivity index (χ3v) is 4.93. The molecule has 1 unspecified atom stereocenters. The standard InChI is InChI=1S/C22H27ClN2O3/c1-5-19(15-10-12-16(28-4)13-11-15)24-22(27)20(14(2)3)25-21(26)17-8-6-7-9-18(17)23/h6-14,19-20H,5H2,1-4H3,(H,24,27)(H,25,26)/t19?,20-/m0/s1. The topological polar surface area (TPSA) is 67.4 Å². The van der Waals surface area contributed by atoms with Crippen LogP contribution in [0.25, 0.3) is 0 Å². The van der Waals surface area contributed by atoms with Crippen molar-refractivity contribution in [2.75, 3.05) is 7.11 Å². The molecule has 28 heavy (non-hydrogen) atoms. The largest absolute Gasteiger partial charge is 0.497 e. The van der Waals surface area contributed by atoms with E-state index in [1.54, 1.807) is 31.4 Å². The van der Waals surface area contributed by atoms with Crippen molar-refractivity contribution in [1.29, 1.82) is 0 Å². The van der Waals surface area contributed by atoms with Gasteiger partial charge in [-0.25, -0.2) is 0 Å². The Bertz CT molecular complexity index is 806. The number of nitrogens with one attached hydrogen (secondary N) is 2. The molecule has 2 N–H and O–H groups in total. The van der Waals surface area contributed by atoms with Crippen LogP contribution < -0.4 is 15.4 Å². The van der Waals surface area contributed by atoms with Crippen LogP contribution in [0.5, 0.6) is 5.75 Å². The van der Waals surface area contributed by atoms with Crippen LogP contribution in [0, 0.1) is 5.92 Å². The van der Waals surface area contributed by atoms with Gasteiger partial charge in [-0.3, -0.25) is 9.59 Å². The van der Waals surface area contributed by atoms with Crippen LogP contribution in [0.15, 0.2) is 48.5 Å². The Labute approximate surface area is 171 Å². The number of methoxy groups -OCH3 is 1. The van der Waals surface area contributed by atoms with Gasteiger partial charge in [-0.15, -0.1) is 0 Å². The van der Waals surface area contributed by atoms with E-state index in [-0.39, 0.29) is 23.8 Å². The minimum atomic E-state index is -0.670. The molecule has 150 valence electrons. The lowest BCUT2D eigenvalue weighted by molar-refractivity contribution is -0.124. The highest BCUT2D eigenvalue weighted by Gasteiger charge is 2.27. The molecule has 0 heterocycles. The number of halogens is 1. The lowest BCUT2D eigenvalue weighted by Crippen LogP contribution is -2.50. The lowest BCUT2D eigenvalue weighted by atomic mass is 10.00. The molecule has 2 amide bonds. The van der Waals surface area contributed by atoms with Crippen LogP contribution in [0.4, 0.5) is 0 Å². The molecule has 0 aliphatic carbocycles. The summed E-state index contributed by atoms with van der Waals surface area (Å²) in [6.45, 7) is 5.79. The van der Waals surface area contributed by atoms with Gasteiger partial charge in [0.05, 0.1) is 23.7 Å². The molecule has 2 rings (SSSR count). The van der Waals surface area contributed by atoms with Crippen molar-refractivity contribution in [3.63, 3.8) is 0 Å². The molecule has 0 bridgehead atoms. The highest BCUT2D eigenvalue weighted by atomic mass is 35.5. The Balaban J connectivity index is 2.12. The van der Waals surface area contributed by atoms with E-state index in [0.717, 1.165) is 17.7 Å². The van der Waals surface area contributed by atoms with E-state index in [2.05, 4.69) is 10.6 Å². The van der Waals surface area contributed by atoms with Gasteiger partial charge in [-0.1, -0.05) is 56.6 Å². The van der Waals surface area contributed by atoms with Gasteiger partial charge in [0.25, 0.3) is 5.91 Å². The van der Waals surface area contributed by atoms with Gasteiger partial charge in [0.15, 0.2) is 0 Å². The van der Waals surface area contributed by atoms with Gasteiger partial charge in [0, 0.05) is 0 Å². The van der Waals surface area contributed by atoms with Crippen molar-refractivity contribution in [3.05, 3.63) is 64.7 Å². The molecule has 0 saturated carbocycles. The predicted octanol–water partition coefficient (Wildman–Crippen LogP) is 4.37. The number of benzene rings is 2. The normalized spacial score (nSPS) is 12.9. The number of rotatable bonds is 8. The number of carbonyl (C=O) groups is 2. The molecule has 0 aromatic heterocycles. The van der Waals surface area contributed by atoms with Crippen LogP contribution in [0.1, 0.15) is 49.2 Å². The predicted molar refractivity (Wildman–Crippen MR) is 112 cm³/mol. The van der Waals surface area contributed by atoms with Crippen LogP contribution in [0.3, 0.4) is 0 Å². The maximum Gasteiger partial charge on any atom is 0.253 e. The number of amides is 2. The summed E-state index contributed by atoms with van der Waals surface area (Å²) in [6, 6.07) is 13.5. The summed E-state index contributed by atoms with van der Waals surface area (Å²) in [4.78, 5) is 25.5. The van der Waals surface area contributed by atoms with E-state index < -0.39 is 6.04 Å². The SMILES string of the molecule is CCC(NC(=O)[C@@H](NC(=O)c1ccccc1Cl)C(C)C)c1ccc(OC)cc1. The van der Waals surface area contributed by atoms with Gasteiger partial charge in [0.2, 0.25) is 5.91 Å². The fourth-order valence-corrected chi connectivity index (χ4v) is 3.14. The second-order valence-electron chi connectivity index (χ2n) is 6.92. The molecule has 2 atom stereocenters. The summed E-state index contributed by atoms with van der Waals surface area (Å²) in [5, 5.41) is 6.22. The monoisotopic (exact) mass is 402 g/mol. The third kappa shape index (κ3) is 5.49. The first-order valence-electron chi connectivity index (χ1n) is 9.37. The molecule has 0 fully saturated rings. The summed E-state index contributed by atoms with van der Waals surface area (Å²) < 4.78 is 5.18. The summed E-state index contributed by atoms with van der Waals surface area (Å²) >= 11 is 6.10. The molecule has 2 aromatic rings. The van der Waals surface area contributed by atoms with Crippen molar-refractivity contribution >= 4 is 23.4 Å². The summed E-state index contributed by atoms with van der Waals surface area (Å²) in [6.07, 6.45) is 0.724. The molecule has 0 aliphatic rings. The zero-order valence-corrected chi connectivity index (χ0v) is 17.4. The number of carbonyl (C=O) groups excluding carboxylic acids is 2. The zero-order valence-electron chi connectivity index (χ0n) is 16.7. The molecule has 0 radical (unpaired) electrons. The van der Waals surface area contributed by atoms with Crippen molar-refractivity contribution < 1.29 is 14.3 Å². The van der Waals surface area contributed by atoms with Crippen molar-refractivity contribution in [1.82, 2.24) is 10.6 Å². The van der Waals surface area contributed by atoms with Gasteiger partial charge in [-0.05, 0) is 42.2 Å². The fraction of sp³-hybridized carbons (Fsp3) is 0.364. The second-order valence-corrected chi connectivity index (χ2v) is 7.32. The maximum atomic E-state index is 12.9. The molecule has 5 nitrogen and oxygen atoms in total. The molecule has 0 saturated heterocycles. The van der Waals surface area contributed by atoms with E-state index in [9.17, 15) is 9.59 Å². The first-order chi connectivity index (χ1) is 13.4. The zero-order chi connectivity index (χ0) is 20.7. The lowest BCUT2D eigenvalue weighted by Gasteiger charge is -2.25. The highest BCUT2D eigenvalue weighted by molar-refractivity contribution is 6.33. The number of hydrogen-bond donors (Lipinski definition) is 2. The van der Waals surface area contributed by atoms with Gasteiger partial charge < -0.3 is 15.4 Å². The van der Waals surface area contributed by atoms with Gasteiger partial charge in [0.1, 0.15) is 11.8 Å². The first kappa shape index (κ1) is 21.8. The minimum absolute atomic E-state index is 0.0835. The Morgan fingerprint density at radius 2 is 1.68 bits per heavy atom. The Hall–Kier alpha value is -2.53. The Morgan fingerprint density at radius 3 is 2.21 bits per heavy atom. The smallest absolute Gasteiger partial charge is 0.253 e. The number of ether oxygens (including phenoxy) is 1. The average molecular weight is 403 g/mol. The Kier molecular flexibility index (Phi) is 7.88. The van der Waals surface area contributed by atoms with Gasteiger partial charge >= 0.3 is 0 Å². The highest BCUT2D eigenvalue weighted by Crippen LogP contribution is 2.21. The van der Waals surface area contributed by atoms with Crippen molar-refractivity contribution in [2.45, 2.75) is 39.3 Å². The summed E-state index contributed by atoms with van der Waals surface area (Å²) in [5.74, 6) is 0.0896. The van der Waals surface area contributed by atoms with E-state index in [4.69, 9.17) is 16.3 Å². The summed E-state index contributed by atoms with van der Waals surface area (Å²) in [7, 11) is 1.61. The van der Waals surface area contributed by atoms with E-state index in [1.807, 2.05) is 45.0 Å². The van der Waals surface area contributed by atoms with E-state index in [0.29, 0.717) is 10.6 Å². The molecule has 2 aromatic carbocycles. The first-order valence-corrected chi connectivity index (χ1v) is 9.74. The van der Waals surface area contributed by atoms with Crippen LogP contribution in [0.2, 0.25) is 5.02 Å². The van der Waals surface area contributed by atoms with Crippen LogP contribution in [-0.4, -0.2) is 25.0 Å². The molecule has 6 heteroatoms. The molecular weight excluding hydrogens is 376 g/mol. The number of hydrogen-bond acceptors (Lipinski definition) is 3. The molecular formula is C22H27ClN2O3. The van der Waals surface area contributed by atoms with Gasteiger partial charge in [-0.2, -0.15) is 0 Å². The van der Waals surface area contributed by atoms with Crippen LogP contribution in [-0.2, 0) is 4.79 Å². The maximum absolute atomic E-state index is 12.9. The minimum Gasteiger partial charge on any atom is -0.497 e. The van der Waals surface area contributed by atoms with Crippen molar-refractivity contribution in [2.24, 2.45) is 5.92 Å². The van der Waals surface area contributed by atoms with E-state index >= 15 is 0 Å². The Morgan fingerprint density at radius 1 is 1.04 bits per heavy atom. The van der Waals surface area contributed by atoms with Crippen LogP contribution >= 0.6 is 11.6 Å². The average Bonchev–Trinajstić information content (AvgIpc) is 2.70. The molecule has 0 aliphatic heterocycles. The third-order valence-electron chi connectivity index (χ3n) is 4.60. The summed E-state index contributed by atoms with van der Waals surface area (Å²) in [5.41, 5.74) is 1.33. The fourth-order valence-electron chi connectivity index (χ4n) is 2.92. The van der Waals surface area contributed by atoms with Crippen molar-refractivity contribution in [3.8, 4) is 5.75 Å². The quantitative estimate of drug-likeness (QED) is 0.688. The van der Waals surface area contributed by atoms with E-state index in [1.165, 1.54) is 0 Å². The molecule has 0 spiro atoms.